The molecule has 0 bridgehead atoms. The van der Waals surface area contributed by atoms with Crippen molar-refractivity contribution in [3.63, 3.8) is 0 Å². The van der Waals surface area contributed by atoms with Gasteiger partial charge in [0.15, 0.2) is 0 Å². The van der Waals surface area contributed by atoms with Crippen LogP contribution in [-0.4, -0.2) is 11.5 Å². The molecule has 0 N–H and O–H groups in total. The normalized spacial score (nSPS) is 10.3. The van der Waals surface area contributed by atoms with Gasteiger partial charge in [-0.2, -0.15) is 10.5 Å². The molecular weight excluding hydrogens is 355 g/mol. The average molecular weight is 373 g/mol. The minimum absolute atomic E-state index is 0.188. The second-order valence-corrected chi connectivity index (χ2v) is 7.63. The molecule has 0 saturated heterocycles. The molecule has 0 aliphatic rings. The highest BCUT2D eigenvalue weighted by Gasteiger charge is 2.22. The molecule has 0 fully saturated rings. The standard InChI is InChI=1S/C16H18Cl2N2S2/c1-3-5-7-21-15-13(17)11(9-19)12(10-20)14(18)16(15)22-8-6-4-2/h3-8H2,1-2H3. The SMILES string of the molecule is CCCCSc1c(Cl)c(C#N)c(C#N)c(Cl)c1SCCCC. The smallest absolute Gasteiger partial charge is 0.102 e. The van der Waals surface area contributed by atoms with Gasteiger partial charge in [0.25, 0.3) is 0 Å². The summed E-state index contributed by atoms with van der Waals surface area (Å²) in [6, 6.07) is 4.04. The van der Waals surface area contributed by atoms with Crippen LogP contribution in [0.3, 0.4) is 0 Å². The Hall–Kier alpha value is -0.520. The maximum Gasteiger partial charge on any atom is 0.102 e. The van der Waals surface area contributed by atoms with Crippen molar-refractivity contribution in [1.29, 1.82) is 10.5 Å². The largest absolute Gasteiger partial charge is 0.192 e. The van der Waals surface area contributed by atoms with Crippen LogP contribution in [0.25, 0.3) is 0 Å². The van der Waals surface area contributed by atoms with E-state index in [0.717, 1.165) is 47.0 Å². The van der Waals surface area contributed by atoms with E-state index in [2.05, 4.69) is 13.8 Å². The summed E-state index contributed by atoms with van der Waals surface area (Å²) in [6.07, 6.45) is 4.33. The van der Waals surface area contributed by atoms with Crippen LogP contribution in [0, 0.1) is 22.7 Å². The van der Waals surface area contributed by atoms with E-state index in [1.807, 2.05) is 12.1 Å². The summed E-state index contributed by atoms with van der Waals surface area (Å²) in [5, 5.41) is 19.3. The van der Waals surface area contributed by atoms with E-state index in [0.29, 0.717) is 10.0 Å². The van der Waals surface area contributed by atoms with Crippen LogP contribution in [0.2, 0.25) is 10.0 Å². The van der Waals surface area contributed by atoms with Gasteiger partial charge in [0.2, 0.25) is 0 Å². The van der Waals surface area contributed by atoms with Crippen molar-refractivity contribution < 1.29 is 0 Å². The average Bonchev–Trinajstić information content (AvgIpc) is 2.52. The molecule has 22 heavy (non-hydrogen) atoms. The summed E-state index contributed by atoms with van der Waals surface area (Å²) in [7, 11) is 0. The first-order valence-electron chi connectivity index (χ1n) is 7.22. The summed E-state index contributed by atoms with van der Waals surface area (Å²) in [5.41, 5.74) is 0.376. The molecule has 0 unspecified atom stereocenters. The van der Waals surface area contributed by atoms with Gasteiger partial charge < -0.3 is 0 Å². The molecule has 0 heterocycles. The molecule has 0 aromatic heterocycles. The lowest BCUT2D eigenvalue weighted by Gasteiger charge is -2.15. The Kier molecular flexibility index (Phi) is 9.13. The fourth-order valence-electron chi connectivity index (χ4n) is 1.75. The molecule has 118 valence electrons. The predicted molar refractivity (Wildman–Crippen MR) is 97.2 cm³/mol. The van der Waals surface area contributed by atoms with E-state index in [1.54, 1.807) is 23.5 Å². The summed E-state index contributed by atoms with van der Waals surface area (Å²) < 4.78 is 0. The summed E-state index contributed by atoms with van der Waals surface area (Å²) >= 11 is 16.0. The monoisotopic (exact) mass is 372 g/mol. The third-order valence-corrected chi connectivity index (χ3v) is 6.49. The van der Waals surface area contributed by atoms with Crippen LogP contribution in [-0.2, 0) is 0 Å². The molecule has 0 aliphatic carbocycles. The number of nitriles is 2. The number of rotatable bonds is 8. The minimum Gasteiger partial charge on any atom is -0.192 e. The molecule has 1 aromatic carbocycles. The second-order valence-electron chi connectivity index (χ2n) is 4.66. The van der Waals surface area contributed by atoms with Gasteiger partial charge in [0, 0.05) is 9.79 Å². The van der Waals surface area contributed by atoms with Crippen LogP contribution in [0.1, 0.15) is 50.7 Å². The van der Waals surface area contributed by atoms with Gasteiger partial charge in [-0.15, -0.1) is 23.5 Å². The second kappa shape index (κ2) is 10.3. The summed E-state index contributed by atoms with van der Waals surface area (Å²) in [5.74, 6) is 1.84. The molecule has 0 saturated carbocycles. The Morgan fingerprint density at radius 1 is 0.818 bits per heavy atom. The molecule has 1 aromatic rings. The minimum atomic E-state index is 0.188. The predicted octanol–water partition coefficient (Wildman–Crippen LogP) is 6.52. The highest BCUT2D eigenvalue weighted by molar-refractivity contribution is 8.02. The van der Waals surface area contributed by atoms with Crippen molar-refractivity contribution >= 4 is 46.7 Å². The third-order valence-electron chi connectivity index (χ3n) is 3.01. The van der Waals surface area contributed by atoms with Crippen molar-refractivity contribution in [2.24, 2.45) is 0 Å². The first-order valence-corrected chi connectivity index (χ1v) is 9.95. The molecule has 0 radical (unpaired) electrons. The Morgan fingerprint density at radius 2 is 1.18 bits per heavy atom. The Balaban J connectivity index is 3.32. The van der Waals surface area contributed by atoms with Gasteiger partial charge in [0.1, 0.15) is 12.1 Å². The lowest BCUT2D eigenvalue weighted by molar-refractivity contribution is 0.893. The number of hydrogen-bond acceptors (Lipinski definition) is 4. The van der Waals surface area contributed by atoms with E-state index >= 15 is 0 Å². The fourth-order valence-corrected chi connectivity index (χ4v) is 5.20. The molecule has 0 amide bonds. The lowest BCUT2D eigenvalue weighted by Crippen LogP contribution is -1.96. The quantitative estimate of drug-likeness (QED) is 0.384. The number of halogens is 2. The van der Waals surface area contributed by atoms with Gasteiger partial charge in [-0.1, -0.05) is 49.9 Å². The van der Waals surface area contributed by atoms with Crippen molar-refractivity contribution in [3.05, 3.63) is 21.2 Å². The third kappa shape index (κ3) is 4.74. The zero-order valence-corrected chi connectivity index (χ0v) is 15.9. The van der Waals surface area contributed by atoms with Crippen LogP contribution >= 0.6 is 46.7 Å². The number of benzene rings is 1. The highest BCUT2D eigenvalue weighted by atomic mass is 35.5. The Bertz CT molecular complexity index is 551. The zero-order valence-electron chi connectivity index (χ0n) is 12.7. The molecule has 1 rings (SSSR count). The number of thioether (sulfide) groups is 2. The van der Waals surface area contributed by atoms with E-state index in [4.69, 9.17) is 23.2 Å². The van der Waals surface area contributed by atoms with Gasteiger partial charge >= 0.3 is 0 Å². The number of unbranched alkanes of at least 4 members (excludes halogenated alkanes) is 2. The first-order chi connectivity index (χ1) is 10.6. The van der Waals surface area contributed by atoms with Crippen LogP contribution < -0.4 is 0 Å². The van der Waals surface area contributed by atoms with E-state index < -0.39 is 0 Å². The molecule has 2 nitrogen and oxygen atoms in total. The lowest BCUT2D eigenvalue weighted by atomic mass is 10.1. The number of hydrogen-bond donors (Lipinski definition) is 0. The van der Waals surface area contributed by atoms with Crippen LogP contribution in [0.15, 0.2) is 9.79 Å². The summed E-state index contributed by atoms with van der Waals surface area (Å²) in [6.45, 7) is 4.26. The topological polar surface area (TPSA) is 47.6 Å². The van der Waals surface area contributed by atoms with Crippen LogP contribution in [0.4, 0.5) is 0 Å². The molecule has 0 spiro atoms. The molecule has 0 atom stereocenters. The van der Waals surface area contributed by atoms with Gasteiger partial charge in [-0.05, 0) is 24.3 Å². The molecule has 6 heteroatoms. The van der Waals surface area contributed by atoms with Gasteiger partial charge in [-0.25, -0.2) is 0 Å². The maximum absolute atomic E-state index is 9.30. The van der Waals surface area contributed by atoms with Crippen LogP contribution in [0.5, 0.6) is 0 Å². The zero-order chi connectivity index (χ0) is 16.5. The number of nitrogens with zero attached hydrogens (tertiary/aromatic N) is 2. The van der Waals surface area contributed by atoms with E-state index in [9.17, 15) is 10.5 Å². The summed E-state index contributed by atoms with van der Waals surface area (Å²) in [4.78, 5) is 1.69. The van der Waals surface area contributed by atoms with Crippen molar-refractivity contribution in [1.82, 2.24) is 0 Å². The van der Waals surface area contributed by atoms with E-state index in [1.165, 1.54) is 0 Å². The van der Waals surface area contributed by atoms with Crippen molar-refractivity contribution in [2.75, 3.05) is 11.5 Å². The Labute approximate surface area is 151 Å². The van der Waals surface area contributed by atoms with Gasteiger partial charge in [-0.3, -0.25) is 0 Å². The molecular formula is C16H18Cl2N2S2. The van der Waals surface area contributed by atoms with Gasteiger partial charge in [0.05, 0.1) is 21.2 Å². The van der Waals surface area contributed by atoms with E-state index in [-0.39, 0.29) is 11.1 Å². The Morgan fingerprint density at radius 3 is 1.45 bits per heavy atom. The first kappa shape index (κ1) is 19.5. The maximum atomic E-state index is 9.30. The van der Waals surface area contributed by atoms with Crippen molar-refractivity contribution in [3.8, 4) is 12.1 Å². The fraction of sp³-hybridized carbons (Fsp3) is 0.500. The highest BCUT2D eigenvalue weighted by Crippen LogP contribution is 2.45. The van der Waals surface area contributed by atoms with Crippen molar-refractivity contribution in [2.45, 2.75) is 49.3 Å². The molecule has 0 aliphatic heterocycles.